The molecule has 6 aromatic carbocycles. The number of fused-ring (bicyclic) bond motifs is 3. The largest absolute Gasteiger partial charge is 0.264 e. The zero-order chi connectivity index (χ0) is 39.4. The van der Waals surface area contributed by atoms with Crippen molar-refractivity contribution >= 4 is 45.6 Å². The Morgan fingerprint density at radius 1 is 0.655 bits per heavy atom. The molecule has 58 heavy (non-hydrogen) atoms. The number of amidine groups is 1. The van der Waals surface area contributed by atoms with Crippen LogP contribution in [0.25, 0.3) is 44.7 Å². The van der Waals surface area contributed by atoms with Crippen molar-refractivity contribution in [1.82, 2.24) is 4.98 Å². The third-order valence-electron chi connectivity index (χ3n) is 11.4. The van der Waals surface area contributed by atoms with Crippen LogP contribution in [0, 0.1) is 11.8 Å². The monoisotopic (exact) mass is 745 g/mol. The first-order valence-corrected chi connectivity index (χ1v) is 19.9. The molecule has 1 unspecified atom stereocenters. The number of benzene rings is 6. The van der Waals surface area contributed by atoms with Gasteiger partial charge in [0.25, 0.3) is 0 Å². The SMILES string of the molecule is C=C(N=C(N=Cc1ccc(-c2cccnc2)cc1)c1cccc(C2=c3ccccc3=C(c3cccc4ccccc34)C3C=CC=C[C@@H]23)c1)/C(C)=c1\cccc\c1=C\C. The van der Waals surface area contributed by atoms with Crippen molar-refractivity contribution < 1.29 is 0 Å². The molecule has 2 aliphatic rings. The van der Waals surface area contributed by atoms with Gasteiger partial charge in [-0.05, 0) is 102 Å². The maximum absolute atomic E-state index is 5.20. The highest BCUT2D eigenvalue weighted by molar-refractivity contribution is 6.07. The normalized spacial score (nSPS) is 17.1. The van der Waals surface area contributed by atoms with Crippen LogP contribution in [0.4, 0.5) is 0 Å². The molecular weight excluding hydrogens is 703 g/mol. The molecule has 9 rings (SSSR count). The zero-order valence-corrected chi connectivity index (χ0v) is 32.8. The minimum absolute atomic E-state index is 0.138. The molecule has 0 spiro atoms. The summed E-state index contributed by atoms with van der Waals surface area (Å²) >= 11 is 0. The predicted octanol–water partition coefficient (Wildman–Crippen LogP) is 9.72. The van der Waals surface area contributed by atoms with E-state index in [9.17, 15) is 0 Å². The fraction of sp³-hybridized carbons (Fsp3) is 0.0727. The van der Waals surface area contributed by atoms with Gasteiger partial charge in [0.1, 0.15) is 0 Å². The quantitative estimate of drug-likeness (QED) is 0.118. The highest BCUT2D eigenvalue weighted by Crippen LogP contribution is 2.42. The lowest BCUT2D eigenvalue weighted by Crippen LogP contribution is -2.40. The molecule has 1 aromatic heterocycles. The van der Waals surface area contributed by atoms with E-state index >= 15 is 0 Å². The predicted molar refractivity (Wildman–Crippen MR) is 244 cm³/mol. The summed E-state index contributed by atoms with van der Waals surface area (Å²) in [5, 5.41) is 7.30. The topological polar surface area (TPSA) is 37.6 Å². The van der Waals surface area contributed by atoms with Crippen molar-refractivity contribution in [2.75, 3.05) is 0 Å². The smallest absolute Gasteiger partial charge is 0.159 e. The molecule has 0 amide bonds. The van der Waals surface area contributed by atoms with Crippen LogP contribution >= 0.6 is 0 Å². The van der Waals surface area contributed by atoms with Gasteiger partial charge >= 0.3 is 0 Å². The molecular formula is C55H43N3. The number of hydrogen-bond donors (Lipinski definition) is 0. The molecule has 0 saturated heterocycles. The fourth-order valence-corrected chi connectivity index (χ4v) is 8.49. The molecule has 0 saturated carbocycles. The molecule has 1 heterocycles. The van der Waals surface area contributed by atoms with Crippen molar-refractivity contribution in [2.45, 2.75) is 13.8 Å². The van der Waals surface area contributed by atoms with Crippen LogP contribution in [-0.4, -0.2) is 17.0 Å². The van der Waals surface area contributed by atoms with E-state index in [0.29, 0.717) is 11.5 Å². The van der Waals surface area contributed by atoms with Crippen LogP contribution in [0.2, 0.25) is 0 Å². The van der Waals surface area contributed by atoms with E-state index in [1.54, 1.807) is 6.20 Å². The van der Waals surface area contributed by atoms with E-state index in [1.807, 2.05) is 18.5 Å². The minimum atomic E-state index is 0.138. The summed E-state index contributed by atoms with van der Waals surface area (Å²) < 4.78 is 0. The van der Waals surface area contributed by atoms with E-state index in [2.05, 4.69) is 201 Å². The molecule has 0 fully saturated rings. The number of rotatable bonds is 7. The summed E-state index contributed by atoms with van der Waals surface area (Å²) in [6.45, 7) is 8.63. The maximum Gasteiger partial charge on any atom is 0.159 e. The summed E-state index contributed by atoms with van der Waals surface area (Å²) in [7, 11) is 0. The third-order valence-corrected chi connectivity index (χ3v) is 11.4. The van der Waals surface area contributed by atoms with Gasteiger partial charge in [-0.25, -0.2) is 9.98 Å². The second kappa shape index (κ2) is 16.1. The first-order valence-electron chi connectivity index (χ1n) is 19.9. The standard InChI is InChI=1S/C55H43N3/c1-4-40-16-5-7-22-46(40)37(2)38(3)58-55(57-35-39-29-31-41(32-30-39)45-21-15-33-56-36-45)44-20-13-19-43(34-44)53-49-24-9-11-26-51(49)54(52-27-12-10-25-50(52)53)48-28-14-18-42-17-6-8-23-47(42)48/h4-36,49,51H,3H2,1-2H3/b40-4-,46-37+,57-35?,58-55?/t49-,51?/m1/s1. The lowest BCUT2D eigenvalue weighted by Gasteiger charge is -2.33. The molecule has 278 valence electrons. The Labute approximate surface area is 339 Å². The second-order valence-corrected chi connectivity index (χ2v) is 14.8. The van der Waals surface area contributed by atoms with Gasteiger partial charge in [-0.15, -0.1) is 0 Å². The summed E-state index contributed by atoms with van der Waals surface area (Å²) in [6, 6.07) is 53.8. The Hall–Kier alpha value is -7.23. The van der Waals surface area contributed by atoms with Crippen molar-refractivity contribution in [1.29, 1.82) is 0 Å². The first kappa shape index (κ1) is 36.4. The Balaban J connectivity index is 1.21. The summed E-state index contributed by atoms with van der Waals surface area (Å²) in [6.07, 6.45) is 16.9. The van der Waals surface area contributed by atoms with Crippen molar-refractivity contribution in [2.24, 2.45) is 21.8 Å². The number of hydrogen-bond acceptors (Lipinski definition) is 2. The third kappa shape index (κ3) is 7.04. The van der Waals surface area contributed by atoms with E-state index in [-0.39, 0.29) is 11.8 Å². The van der Waals surface area contributed by atoms with E-state index in [0.717, 1.165) is 43.8 Å². The Morgan fingerprint density at radius 3 is 2.14 bits per heavy atom. The van der Waals surface area contributed by atoms with Gasteiger partial charge in [0.2, 0.25) is 0 Å². The number of aromatic nitrogens is 1. The van der Waals surface area contributed by atoms with Gasteiger partial charge < -0.3 is 0 Å². The van der Waals surface area contributed by atoms with Gasteiger partial charge in [0.15, 0.2) is 5.84 Å². The Kier molecular flexibility index (Phi) is 10.1. The van der Waals surface area contributed by atoms with Crippen molar-refractivity contribution in [3.63, 3.8) is 0 Å². The van der Waals surface area contributed by atoms with Crippen LogP contribution in [-0.2, 0) is 0 Å². The van der Waals surface area contributed by atoms with Crippen molar-refractivity contribution in [3.8, 4) is 11.1 Å². The average Bonchev–Trinajstić information content (AvgIpc) is 3.29. The lowest BCUT2D eigenvalue weighted by molar-refractivity contribution is 0.687. The second-order valence-electron chi connectivity index (χ2n) is 14.8. The molecule has 0 radical (unpaired) electrons. The minimum Gasteiger partial charge on any atom is -0.264 e. The van der Waals surface area contributed by atoms with Crippen LogP contribution in [0.3, 0.4) is 0 Å². The molecule has 7 aromatic rings. The van der Waals surface area contributed by atoms with Gasteiger partial charge in [0, 0.05) is 36.0 Å². The van der Waals surface area contributed by atoms with Crippen LogP contribution in [0.15, 0.2) is 211 Å². The van der Waals surface area contributed by atoms with E-state index in [1.165, 1.54) is 37.9 Å². The van der Waals surface area contributed by atoms with Gasteiger partial charge in [-0.3, -0.25) is 4.98 Å². The summed E-state index contributed by atoms with van der Waals surface area (Å²) in [5.74, 6) is 0.903. The molecule has 0 N–H and O–H groups in total. The van der Waals surface area contributed by atoms with Gasteiger partial charge in [-0.1, -0.05) is 176 Å². The van der Waals surface area contributed by atoms with Crippen LogP contribution < -0.4 is 20.9 Å². The zero-order valence-electron chi connectivity index (χ0n) is 32.8. The molecule has 0 aliphatic heterocycles. The maximum atomic E-state index is 5.20. The van der Waals surface area contributed by atoms with Crippen molar-refractivity contribution in [3.05, 3.63) is 244 Å². The van der Waals surface area contributed by atoms with E-state index in [4.69, 9.17) is 9.98 Å². The Morgan fingerprint density at radius 2 is 1.34 bits per heavy atom. The average molecular weight is 746 g/mol. The van der Waals surface area contributed by atoms with E-state index < -0.39 is 0 Å². The Bertz CT molecular complexity index is 3090. The van der Waals surface area contributed by atoms with Crippen LogP contribution in [0.5, 0.6) is 0 Å². The van der Waals surface area contributed by atoms with Gasteiger partial charge in [-0.2, -0.15) is 0 Å². The molecule has 3 heteroatoms. The number of pyridine rings is 1. The fourth-order valence-electron chi connectivity index (χ4n) is 8.49. The molecule has 2 aliphatic carbocycles. The number of aliphatic imine (C=N–C) groups is 2. The highest BCUT2D eigenvalue weighted by atomic mass is 14.9. The summed E-state index contributed by atoms with van der Waals surface area (Å²) in [4.78, 5) is 14.6. The first-order chi connectivity index (χ1) is 28.6. The van der Waals surface area contributed by atoms with Crippen LogP contribution in [0.1, 0.15) is 36.1 Å². The lowest BCUT2D eigenvalue weighted by atomic mass is 9.69. The molecule has 3 nitrogen and oxygen atoms in total. The summed E-state index contributed by atoms with van der Waals surface area (Å²) in [5.41, 5.74) is 10.9. The molecule has 2 atom stereocenters. The highest BCUT2D eigenvalue weighted by Gasteiger charge is 2.32. The van der Waals surface area contributed by atoms with Gasteiger partial charge in [0.05, 0.1) is 5.70 Å². The molecule has 0 bridgehead atoms. The number of nitrogens with zero attached hydrogens (tertiary/aromatic N) is 3. The number of allylic oxidation sites excluding steroid dienone is 5.